The first-order chi connectivity index (χ1) is 11.7. The molecule has 2 saturated heterocycles. The molecule has 0 spiro atoms. The van der Waals surface area contributed by atoms with Crippen molar-refractivity contribution >= 4 is 18.3 Å². The van der Waals surface area contributed by atoms with Gasteiger partial charge in [0.25, 0.3) is 0 Å². The molecule has 2 aliphatic heterocycles. The van der Waals surface area contributed by atoms with E-state index in [9.17, 15) is 9.18 Å². The lowest BCUT2D eigenvalue weighted by Gasteiger charge is -2.23. The van der Waals surface area contributed by atoms with Crippen molar-refractivity contribution in [2.24, 2.45) is 0 Å². The van der Waals surface area contributed by atoms with Gasteiger partial charge >= 0.3 is 0 Å². The number of hydrogen-bond acceptors (Lipinski definition) is 5. The van der Waals surface area contributed by atoms with Gasteiger partial charge in [-0.05, 0) is 38.3 Å². The minimum Gasteiger partial charge on any atom is -0.481 e. The van der Waals surface area contributed by atoms with Crippen LogP contribution in [-0.4, -0.2) is 43.8 Å². The average Bonchev–Trinajstić information content (AvgIpc) is 3.15. The minimum absolute atomic E-state index is 0. The second-order valence-corrected chi connectivity index (χ2v) is 6.30. The molecule has 0 bridgehead atoms. The first-order valence-corrected chi connectivity index (χ1v) is 8.51. The predicted molar refractivity (Wildman–Crippen MR) is 93.7 cm³/mol. The van der Waals surface area contributed by atoms with E-state index in [1.165, 1.54) is 13.2 Å². The zero-order valence-electron chi connectivity index (χ0n) is 14.3. The van der Waals surface area contributed by atoms with E-state index in [0.717, 1.165) is 32.2 Å². The number of aromatic nitrogens is 1. The van der Waals surface area contributed by atoms with Crippen LogP contribution in [0.3, 0.4) is 0 Å². The lowest BCUT2D eigenvalue weighted by molar-refractivity contribution is -0.122. The fraction of sp³-hybridized carbons (Fsp3) is 0.647. The van der Waals surface area contributed by atoms with Gasteiger partial charge in [-0.15, -0.1) is 12.4 Å². The third kappa shape index (κ3) is 4.80. The van der Waals surface area contributed by atoms with E-state index in [-0.39, 0.29) is 42.6 Å². The van der Waals surface area contributed by atoms with E-state index in [1.807, 2.05) is 0 Å². The van der Waals surface area contributed by atoms with Gasteiger partial charge in [0.05, 0.1) is 25.5 Å². The van der Waals surface area contributed by atoms with Crippen LogP contribution in [0, 0.1) is 5.82 Å². The van der Waals surface area contributed by atoms with Gasteiger partial charge in [0.2, 0.25) is 11.8 Å². The maximum absolute atomic E-state index is 14.5. The number of carbonyl (C=O) groups is 1. The lowest BCUT2D eigenvalue weighted by atomic mass is 9.97. The largest absolute Gasteiger partial charge is 0.481 e. The van der Waals surface area contributed by atoms with Gasteiger partial charge in [0, 0.05) is 24.6 Å². The van der Waals surface area contributed by atoms with Gasteiger partial charge in [-0.1, -0.05) is 0 Å². The molecule has 2 atom stereocenters. The molecule has 25 heavy (non-hydrogen) atoms. The summed E-state index contributed by atoms with van der Waals surface area (Å²) >= 11 is 0. The van der Waals surface area contributed by atoms with Crippen LogP contribution in [0.1, 0.15) is 42.9 Å². The highest BCUT2D eigenvalue weighted by atomic mass is 35.5. The molecule has 1 aromatic rings. The highest BCUT2D eigenvalue weighted by molar-refractivity contribution is 5.85. The normalized spacial score (nSPS) is 23.0. The molecule has 3 heterocycles. The van der Waals surface area contributed by atoms with Crippen LogP contribution in [0.5, 0.6) is 5.88 Å². The molecule has 1 amide bonds. The standard InChI is InChI=1S/C17H24FN3O3.ClH/c1-23-17-12(9-20-16(22)14-5-2-6-19-14)8-13(18)15(21-17)11-4-3-7-24-10-11;/h8,11,14,19H,2-7,9-10H2,1H3,(H,20,22);1H. The quantitative estimate of drug-likeness (QED) is 0.825. The zero-order valence-corrected chi connectivity index (χ0v) is 15.2. The number of carbonyl (C=O) groups excluding carboxylic acids is 1. The van der Waals surface area contributed by atoms with Gasteiger partial charge < -0.3 is 20.1 Å². The van der Waals surface area contributed by atoms with Crippen molar-refractivity contribution in [2.75, 3.05) is 26.9 Å². The van der Waals surface area contributed by atoms with Crippen LogP contribution >= 0.6 is 12.4 Å². The van der Waals surface area contributed by atoms with Crippen molar-refractivity contribution in [1.29, 1.82) is 0 Å². The SMILES string of the molecule is COc1nc(C2CCCOC2)c(F)cc1CNC(=O)C1CCCN1.Cl. The van der Waals surface area contributed by atoms with Crippen molar-refractivity contribution < 1.29 is 18.7 Å². The third-order valence-electron chi connectivity index (χ3n) is 4.61. The van der Waals surface area contributed by atoms with E-state index >= 15 is 0 Å². The summed E-state index contributed by atoms with van der Waals surface area (Å²) in [6, 6.07) is 1.26. The van der Waals surface area contributed by atoms with Crippen LogP contribution in [0.25, 0.3) is 0 Å². The number of halogens is 2. The number of ether oxygens (including phenoxy) is 2. The Morgan fingerprint density at radius 3 is 2.96 bits per heavy atom. The Balaban J connectivity index is 0.00000225. The maximum Gasteiger partial charge on any atom is 0.237 e. The Bertz CT molecular complexity index is 591. The van der Waals surface area contributed by atoms with Crippen LogP contribution in [-0.2, 0) is 16.1 Å². The van der Waals surface area contributed by atoms with Crippen molar-refractivity contribution in [2.45, 2.75) is 44.2 Å². The summed E-state index contributed by atoms with van der Waals surface area (Å²) in [7, 11) is 1.51. The Morgan fingerprint density at radius 2 is 2.32 bits per heavy atom. The van der Waals surface area contributed by atoms with Gasteiger partial charge in [-0.3, -0.25) is 4.79 Å². The smallest absolute Gasteiger partial charge is 0.237 e. The first-order valence-electron chi connectivity index (χ1n) is 8.51. The summed E-state index contributed by atoms with van der Waals surface area (Å²) in [5.74, 6) is -0.120. The molecule has 0 radical (unpaired) electrons. The average molecular weight is 374 g/mol. The minimum atomic E-state index is -0.366. The number of amides is 1. The molecule has 1 aromatic heterocycles. The Labute approximate surface area is 153 Å². The monoisotopic (exact) mass is 373 g/mol. The van der Waals surface area contributed by atoms with Gasteiger partial charge in [0.15, 0.2) is 0 Å². The molecule has 0 saturated carbocycles. The van der Waals surface area contributed by atoms with Gasteiger partial charge in [-0.2, -0.15) is 0 Å². The second kappa shape index (κ2) is 9.31. The summed E-state index contributed by atoms with van der Waals surface area (Å²) in [5, 5.41) is 5.97. The van der Waals surface area contributed by atoms with Crippen molar-refractivity contribution in [3.63, 3.8) is 0 Å². The first kappa shape index (κ1) is 19.9. The molecule has 2 fully saturated rings. The molecule has 6 nitrogen and oxygen atoms in total. The number of nitrogens with zero attached hydrogens (tertiary/aromatic N) is 1. The molecule has 140 valence electrons. The Morgan fingerprint density at radius 1 is 1.48 bits per heavy atom. The number of hydrogen-bond donors (Lipinski definition) is 2. The van der Waals surface area contributed by atoms with E-state index in [0.29, 0.717) is 30.4 Å². The number of nitrogens with one attached hydrogen (secondary N) is 2. The molecular formula is C17H25ClFN3O3. The van der Waals surface area contributed by atoms with Crippen molar-refractivity contribution in [3.05, 3.63) is 23.1 Å². The number of methoxy groups -OCH3 is 1. The van der Waals surface area contributed by atoms with Crippen LogP contribution in [0.4, 0.5) is 4.39 Å². The summed E-state index contributed by atoms with van der Waals surface area (Å²) in [4.78, 5) is 16.4. The summed E-state index contributed by atoms with van der Waals surface area (Å²) in [5.41, 5.74) is 0.931. The predicted octanol–water partition coefficient (Wildman–Crippen LogP) is 1.91. The van der Waals surface area contributed by atoms with Crippen LogP contribution in [0.15, 0.2) is 6.07 Å². The number of rotatable bonds is 5. The van der Waals surface area contributed by atoms with Crippen molar-refractivity contribution in [1.82, 2.24) is 15.6 Å². The molecule has 8 heteroatoms. The zero-order chi connectivity index (χ0) is 16.9. The fourth-order valence-electron chi connectivity index (χ4n) is 3.28. The van der Waals surface area contributed by atoms with E-state index in [4.69, 9.17) is 9.47 Å². The molecule has 2 N–H and O–H groups in total. The Kier molecular flexibility index (Phi) is 7.40. The molecule has 0 aliphatic carbocycles. The second-order valence-electron chi connectivity index (χ2n) is 6.30. The van der Waals surface area contributed by atoms with E-state index < -0.39 is 0 Å². The van der Waals surface area contributed by atoms with E-state index in [1.54, 1.807) is 0 Å². The third-order valence-corrected chi connectivity index (χ3v) is 4.61. The van der Waals surface area contributed by atoms with Crippen LogP contribution < -0.4 is 15.4 Å². The summed E-state index contributed by atoms with van der Waals surface area (Å²) in [6.45, 7) is 2.26. The summed E-state index contributed by atoms with van der Waals surface area (Å²) in [6.07, 6.45) is 3.59. The molecule has 2 unspecified atom stereocenters. The number of pyridine rings is 1. The van der Waals surface area contributed by atoms with E-state index in [2.05, 4.69) is 15.6 Å². The Hall–Kier alpha value is -1.44. The van der Waals surface area contributed by atoms with Crippen molar-refractivity contribution in [3.8, 4) is 5.88 Å². The molecule has 2 aliphatic rings. The fourth-order valence-corrected chi connectivity index (χ4v) is 3.28. The van der Waals surface area contributed by atoms with Crippen LogP contribution in [0.2, 0.25) is 0 Å². The highest BCUT2D eigenvalue weighted by Gasteiger charge is 2.25. The molecular weight excluding hydrogens is 349 g/mol. The molecule has 3 rings (SSSR count). The van der Waals surface area contributed by atoms with Gasteiger partial charge in [0.1, 0.15) is 5.82 Å². The maximum atomic E-state index is 14.5. The van der Waals surface area contributed by atoms with Gasteiger partial charge in [-0.25, -0.2) is 9.37 Å². The topological polar surface area (TPSA) is 72.5 Å². The lowest BCUT2D eigenvalue weighted by Crippen LogP contribution is -2.40. The highest BCUT2D eigenvalue weighted by Crippen LogP contribution is 2.29. The molecule has 0 aromatic carbocycles. The summed E-state index contributed by atoms with van der Waals surface area (Å²) < 4.78 is 25.2.